The number of hydrogen-bond donors (Lipinski definition) is 2. The van der Waals surface area contributed by atoms with Crippen molar-refractivity contribution < 1.29 is 9.90 Å². The summed E-state index contributed by atoms with van der Waals surface area (Å²) in [7, 11) is 0. The Hall–Kier alpha value is -1.95. The molecular weight excluding hydrogens is 222 g/mol. The summed E-state index contributed by atoms with van der Waals surface area (Å²) in [6, 6.07) is 1.15. The van der Waals surface area contributed by atoms with E-state index in [4.69, 9.17) is 16.7 Å². The molecule has 6 nitrogen and oxygen atoms in total. The number of fused-ring (bicyclic) bond motifs is 1. The molecule has 0 aliphatic heterocycles. The number of carbonyl (C=O) groups is 1. The zero-order valence-electron chi connectivity index (χ0n) is 7.19. The summed E-state index contributed by atoms with van der Waals surface area (Å²) >= 11 is 5.72. The lowest BCUT2D eigenvalue weighted by atomic mass is 10.2. The van der Waals surface area contributed by atoms with Crippen LogP contribution in [0.4, 0.5) is 0 Å². The molecule has 0 aliphatic rings. The largest absolute Gasteiger partial charge is 0.477 e. The number of halogens is 1. The number of aromatic carboxylic acids is 1. The Morgan fingerprint density at radius 3 is 2.87 bits per heavy atom. The zero-order valence-corrected chi connectivity index (χ0v) is 7.95. The number of pyridine rings is 1. The predicted octanol–water partition coefficient (Wildman–Crippen LogP) is 0.670. The van der Waals surface area contributed by atoms with Gasteiger partial charge in [0.15, 0.2) is 0 Å². The highest BCUT2D eigenvalue weighted by atomic mass is 35.5. The summed E-state index contributed by atoms with van der Waals surface area (Å²) < 4.78 is 0. The van der Waals surface area contributed by atoms with Gasteiger partial charge in [-0.25, -0.2) is 14.8 Å². The molecule has 0 aromatic carbocycles. The van der Waals surface area contributed by atoms with Crippen molar-refractivity contribution in [2.75, 3.05) is 0 Å². The minimum absolute atomic E-state index is 0.0961. The lowest BCUT2D eigenvalue weighted by molar-refractivity contribution is 0.0695. The van der Waals surface area contributed by atoms with Crippen LogP contribution in [0.5, 0.6) is 0 Å². The van der Waals surface area contributed by atoms with Gasteiger partial charge in [-0.15, -0.1) is 0 Å². The third-order valence-corrected chi connectivity index (χ3v) is 2.13. The fourth-order valence-electron chi connectivity index (χ4n) is 1.15. The lowest BCUT2D eigenvalue weighted by Crippen LogP contribution is -2.17. The summed E-state index contributed by atoms with van der Waals surface area (Å²) in [5.41, 5.74) is -0.894. The Morgan fingerprint density at radius 1 is 1.47 bits per heavy atom. The number of rotatable bonds is 1. The van der Waals surface area contributed by atoms with Crippen molar-refractivity contribution in [2.24, 2.45) is 0 Å². The second kappa shape index (κ2) is 3.32. The number of carboxylic acids is 1. The second-order valence-electron chi connectivity index (χ2n) is 2.74. The fraction of sp³-hybridized carbons (Fsp3) is 0. The number of aromatic amines is 1. The average molecular weight is 226 g/mol. The molecule has 2 heterocycles. The maximum atomic E-state index is 11.2. The molecule has 0 spiro atoms. The van der Waals surface area contributed by atoms with Gasteiger partial charge in [-0.05, 0) is 6.07 Å². The molecule has 2 rings (SSSR count). The van der Waals surface area contributed by atoms with Crippen LogP contribution in [0.15, 0.2) is 17.2 Å². The quantitative estimate of drug-likeness (QED) is 0.696. The number of nitrogens with one attached hydrogen (secondary N) is 1. The lowest BCUT2D eigenvalue weighted by Gasteiger charge is -1.99. The molecule has 2 N–H and O–H groups in total. The van der Waals surface area contributed by atoms with Crippen LogP contribution in [0.25, 0.3) is 11.0 Å². The third kappa shape index (κ3) is 1.55. The van der Waals surface area contributed by atoms with Crippen LogP contribution in [0.2, 0.25) is 5.15 Å². The van der Waals surface area contributed by atoms with Crippen LogP contribution in [-0.2, 0) is 0 Å². The molecular formula is C8H4ClN3O3. The highest BCUT2D eigenvalue weighted by Gasteiger charge is 2.12. The summed E-state index contributed by atoms with van der Waals surface area (Å²) in [6.07, 6.45) is 1.18. The molecule has 2 aromatic rings. The first-order chi connectivity index (χ1) is 7.09. The van der Waals surface area contributed by atoms with Gasteiger partial charge in [-0.3, -0.25) is 4.79 Å². The van der Waals surface area contributed by atoms with Gasteiger partial charge in [0.2, 0.25) is 0 Å². The first kappa shape index (κ1) is 9.60. The van der Waals surface area contributed by atoms with Gasteiger partial charge in [0, 0.05) is 0 Å². The molecule has 15 heavy (non-hydrogen) atoms. The van der Waals surface area contributed by atoms with Gasteiger partial charge in [-0.1, -0.05) is 11.6 Å². The Morgan fingerprint density at radius 2 is 2.20 bits per heavy atom. The molecule has 0 bridgehead atoms. The highest BCUT2D eigenvalue weighted by molar-refractivity contribution is 6.33. The van der Waals surface area contributed by atoms with Crippen molar-refractivity contribution in [2.45, 2.75) is 0 Å². The van der Waals surface area contributed by atoms with E-state index >= 15 is 0 Å². The van der Waals surface area contributed by atoms with Gasteiger partial charge in [0.05, 0.1) is 5.39 Å². The molecule has 0 radical (unpaired) electrons. The molecule has 0 atom stereocenters. The minimum atomic E-state index is -1.32. The summed E-state index contributed by atoms with van der Waals surface area (Å²) in [6.45, 7) is 0. The van der Waals surface area contributed by atoms with E-state index in [-0.39, 0.29) is 16.4 Å². The summed E-state index contributed by atoms with van der Waals surface area (Å²) in [5.74, 6) is -1.32. The Kier molecular flexibility index (Phi) is 2.12. The SMILES string of the molecule is O=C(O)c1cc2c(Cl)ncnc2[nH]c1=O. The van der Waals surface area contributed by atoms with Crippen molar-refractivity contribution in [3.63, 3.8) is 0 Å². The van der Waals surface area contributed by atoms with Crippen LogP contribution >= 0.6 is 11.6 Å². The summed E-state index contributed by atoms with van der Waals surface area (Å²) in [4.78, 5) is 31.7. The van der Waals surface area contributed by atoms with E-state index in [1.807, 2.05) is 0 Å². The molecule has 0 amide bonds. The minimum Gasteiger partial charge on any atom is -0.477 e. The van der Waals surface area contributed by atoms with E-state index in [0.717, 1.165) is 6.07 Å². The van der Waals surface area contributed by atoms with Crippen molar-refractivity contribution >= 4 is 28.6 Å². The third-order valence-electron chi connectivity index (χ3n) is 1.83. The van der Waals surface area contributed by atoms with E-state index < -0.39 is 11.5 Å². The van der Waals surface area contributed by atoms with Gasteiger partial charge >= 0.3 is 5.97 Å². The second-order valence-corrected chi connectivity index (χ2v) is 3.10. The number of nitrogens with zero attached hydrogens (tertiary/aromatic N) is 2. The van der Waals surface area contributed by atoms with Crippen LogP contribution in [-0.4, -0.2) is 26.0 Å². The molecule has 2 aromatic heterocycles. The van der Waals surface area contributed by atoms with Crippen molar-refractivity contribution in [3.05, 3.63) is 33.5 Å². The van der Waals surface area contributed by atoms with Crippen LogP contribution in [0.3, 0.4) is 0 Å². The average Bonchev–Trinajstić information content (AvgIpc) is 2.16. The van der Waals surface area contributed by atoms with Crippen LogP contribution < -0.4 is 5.56 Å². The molecule has 7 heteroatoms. The smallest absolute Gasteiger partial charge is 0.341 e. The van der Waals surface area contributed by atoms with Crippen LogP contribution in [0, 0.1) is 0 Å². The summed E-state index contributed by atoms with van der Waals surface area (Å²) in [5, 5.41) is 9.11. The topological polar surface area (TPSA) is 95.9 Å². The number of carboxylic acid groups (broad SMARTS) is 1. The molecule has 0 unspecified atom stereocenters. The van der Waals surface area contributed by atoms with Crippen molar-refractivity contribution in [1.29, 1.82) is 0 Å². The van der Waals surface area contributed by atoms with Gasteiger partial charge < -0.3 is 10.1 Å². The normalized spacial score (nSPS) is 10.5. The number of aromatic nitrogens is 3. The molecule has 0 aliphatic carbocycles. The fourth-order valence-corrected chi connectivity index (χ4v) is 1.33. The van der Waals surface area contributed by atoms with E-state index in [2.05, 4.69) is 15.0 Å². The highest BCUT2D eigenvalue weighted by Crippen LogP contribution is 2.16. The van der Waals surface area contributed by atoms with E-state index in [1.54, 1.807) is 0 Å². The Bertz CT molecular complexity index is 608. The monoisotopic (exact) mass is 225 g/mol. The maximum Gasteiger partial charge on any atom is 0.341 e. The van der Waals surface area contributed by atoms with Crippen molar-refractivity contribution in [1.82, 2.24) is 15.0 Å². The number of H-pyrrole nitrogens is 1. The Balaban J connectivity index is 2.90. The maximum absolute atomic E-state index is 11.2. The molecule has 0 saturated heterocycles. The first-order valence-corrected chi connectivity index (χ1v) is 4.24. The van der Waals surface area contributed by atoms with Gasteiger partial charge in [-0.2, -0.15) is 0 Å². The van der Waals surface area contributed by atoms with E-state index in [9.17, 15) is 9.59 Å². The first-order valence-electron chi connectivity index (χ1n) is 3.86. The van der Waals surface area contributed by atoms with E-state index in [1.165, 1.54) is 6.33 Å². The molecule has 76 valence electrons. The van der Waals surface area contributed by atoms with Crippen molar-refractivity contribution in [3.8, 4) is 0 Å². The molecule has 0 saturated carbocycles. The molecule has 0 fully saturated rings. The Labute approximate surface area is 87.6 Å². The van der Waals surface area contributed by atoms with E-state index in [0.29, 0.717) is 5.39 Å². The number of hydrogen-bond acceptors (Lipinski definition) is 4. The van der Waals surface area contributed by atoms with Gasteiger partial charge in [0.25, 0.3) is 5.56 Å². The standard InChI is InChI=1S/C8H4ClN3O3/c9-5-3-1-4(8(14)15)7(13)12-6(3)11-2-10-5/h1-2H,(H,14,15)(H,10,11,12,13). The van der Waals surface area contributed by atoms with Crippen LogP contribution in [0.1, 0.15) is 10.4 Å². The van der Waals surface area contributed by atoms with Gasteiger partial charge in [0.1, 0.15) is 22.7 Å². The predicted molar refractivity (Wildman–Crippen MR) is 52.1 cm³/mol. The zero-order chi connectivity index (χ0) is 11.0.